The summed E-state index contributed by atoms with van der Waals surface area (Å²) in [6.45, 7) is 3.79. The fraction of sp³-hybridized carbons (Fsp3) is 0.200. The first-order valence-corrected chi connectivity index (χ1v) is 6.68. The van der Waals surface area contributed by atoms with E-state index in [1.165, 1.54) is 0 Å². The van der Waals surface area contributed by atoms with Gasteiger partial charge in [0.15, 0.2) is 0 Å². The molecule has 5 heteroatoms. The highest BCUT2D eigenvalue weighted by Gasteiger charge is 2.10. The number of hydrogen-bond acceptors (Lipinski definition) is 2. The number of pyridine rings is 1. The zero-order chi connectivity index (χ0) is 14.5. The topological polar surface area (TPSA) is 54.0 Å². The first-order chi connectivity index (χ1) is 9.56. The van der Waals surface area contributed by atoms with Gasteiger partial charge in [0.25, 0.3) is 0 Å². The lowest BCUT2D eigenvalue weighted by Gasteiger charge is -2.14. The molecule has 0 saturated heterocycles. The second kappa shape index (κ2) is 6.39. The molecule has 0 fully saturated rings. The van der Waals surface area contributed by atoms with Gasteiger partial charge in [-0.1, -0.05) is 23.7 Å². The average Bonchev–Trinajstić information content (AvgIpc) is 2.44. The van der Waals surface area contributed by atoms with Gasteiger partial charge in [-0.25, -0.2) is 4.79 Å². The van der Waals surface area contributed by atoms with Crippen LogP contribution in [-0.4, -0.2) is 11.0 Å². The van der Waals surface area contributed by atoms with E-state index in [9.17, 15) is 4.79 Å². The molecule has 1 heterocycles. The first kappa shape index (κ1) is 14.3. The highest BCUT2D eigenvalue weighted by atomic mass is 35.5. The smallest absolute Gasteiger partial charge is 0.319 e. The molecule has 0 bridgehead atoms. The monoisotopic (exact) mass is 289 g/mol. The SMILES string of the molecule is Cc1ccc(NC(=O)N[C@H](C)c2ccccn2)cc1Cl. The molecule has 0 aliphatic heterocycles. The van der Waals surface area contributed by atoms with E-state index in [0.717, 1.165) is 11.3 Å². The summed E-state index contributed by atoms with van der Waals surface area (Å²) in [7, 11) is 0. The molecule has 2 N–H and O–H groups in total. The van der Waals surface area contributed by atoms with E-state index in [-0.39, 0.29) is 12.1 Å². The number of benzene rings is 1. The summed E-state index contributed by atoms with van der Waals surface area (Å²) in [6, 6.07) is 10.5. The third-order valence-electron chi connectivity index (χ3n) is 2.91. The van der Waals surface area contributed by atoms with Crippen LogP contribution in [0.3, 0.4) is 0 Å². The number of nitrogens with one attached hydrogen (secondary N) is 2. The van der Waals surface area contributed by atoms with E-state index < -0.39 is 0 Å². The molecular weight excluding hydrogens is 274 g/mol. The minimum Gasteiger partial charge on any atom is -0.330 e. The lowest BCUT2D eigenvalue weighted by Crippen LogP contribution is -2.31. The van der Waals surface area contributed by atoms with Crippen LogP contribution in [0, 0.1) is 6.92 Å². The van der Waals surface area contributed by atoms with E-state index in [1.54, 1.807) is 12.3 Å². The van der Waals surface area contributed by atoms with Crippen LogP contribution < -0.4 is 10.6 Å². The number of aromatic nitrogens is 1. The molecule has 104 valence electrons. The van der Waals surface area contributed by atoms with E-state index >= 15 is 0 Å². The fourth-order valence-corrected chi connectivity index (χ4v) is 1.92. The molecule has 4 nitrogen and oxygen atoms in total. The fourth-order valence-electron chi connectivity index (χ4n) is 1.74. The second-order valence-corrected chi connectivity index (χ2v) is 4.95. The molecular formula is C15H16ClN3O. The minimum absolute atomic E-state index is 0.169. The number of halogens is 1. The summed E-state index contributed by atoms with van der Waals surface area (Å²) in [4.78, 5) is 16.1. The third-order valence-corrected chi connectivity index (χ3v) is 3.32. The summed E-state index contributed by atoms with van der Waals surface area (Å²) in [5.74, 6) is 0. The van der Waals surface area contributed by atoms with Crippen LogP contribution >= 0.6 is 11.6 Å². The largest absolute Gasteiger partial charge is 0.330 e. The predicted octanol–water partition coefficient (Wildman–Crippen LogP) is 3.93. The van der Waals surface area contributed by atoms with Gasteiger partial charge in [0, 0.05) is 16.9 Å². The molecule has 1 atom stereocenters. The summed E-state index contributed by atoms with van der Waals surface area (Å²) in [5.41, 5.74) is 2.44. The highest BCUT2D eigenvalue weighted by molar-refractivity contribution is 6.31. The lowest BCUT2D eigenvalue weighted by atomic mass is 10.2. The number of anilines is 1. The van der Waals surface area contributed by atoms with Crippen LogP contribution in [-0.2, 0) is 0 Å². The third kappa shape index (κ3) is 3.71. The molecule has 0 aliphatic rings. The van der Waals surface area contributed by atoms with Crippen LogP contribution in [0.15, 0.2) is 42.6 Å². The van der Waals surface area contributed by atoms with Crippen LogP contribution in [0.1, 0.15) is 24.2 Å². The molecule has 0 unspecified atom stereocenters. The molecule has 0 aliphatic carbocycles. The number of urea groups is 1. The van der Waals surface area contributed by atoms with Gasteiger partial charge in [-0.3, -0.25) is 4.98 Å². The Bertz CT molecular complexity index is 601. The molecule has 1 aromatic carbocycles. The second-order valence-electron chi connectivity index (χ2n) is 4.54. The Hall–Kier alpha value is -2.07. The van der Waals surface area contributed by atoms with Gasteiger partial charge in [0.2, 0.25) is 0 Å². The van der Waals surface area contributed by atoms with E-state index in [1.807, 2.05) is 44.2 Å². The maximum atomic E-state index is 11.9. The van der Waals surface area contributed by atoms with E-state index in [0.29, 0.717) is 10.7 Å². The normalized spacial score (nSPS) is 11.8. The van der Waals surface area contributed by atoms with Gasteiger partial charge in [0.1, 0.15) is 0 Å². The van der Waals surface area contributed by atoms with E-state index in [2.05, 4.69) is 15.6 Å². The van der Waals surface area contributed by atoms with Gasteiger partial charge in [-0.2, -0.15) is 0 Å². The Morgan fingerprint density at radius 2 is 2.10 bits per heavy atom. The number of hydrogen-bond donors (Lipinski definition) is 2. The maximum Gasteiger partial charge on any atom is 0.319 e. The van der Waals surface area contributed by atoms with Crippen molar-refractivity contribution < 1.29 is 4.79 Å². The van der Waals surface area contributed by atoms with Gasteiger partial charge in [-0.05, 0) is 43.7 Å². The molecule has 20 heavy (non-hydrogen) atoms. The van der Waals surface area contributed by atoms with Gasteiger partial charge >= 0.3 is 6.03 Å². The van der Waals surface area contributed by atoms with Crippen molar-refractivity contribution in [2.24, 2.45) is 0 Å². The van der Waals surface area contributed by atoms with Crippen molar-refractivity contribution in [1.29, 1.82) is 0 Å². The predicted molar refractivity (Wildman–Crippen MR) is 81.0 cm³/mol. The Morgan fingerprint density at radius 1 is 1.30 bits per heavy atom. The summed E-state index contributed by atoms with van der Waals surface area (Å²) in [5, 5.41) is 6.20. The molecule has 2 aromatic rings. The number of rotatable bonds is 3. The Morgan fingerprint density at radius 3 is 2.75 bits per heavy atom. The Kier molecular flexibility index (Phi) is 4.58. The summed E-state index contributed by atoms with van der Waals surface area (Å²) >= 11 is 6.02. The van der Waals surface area contributed by atoms with Gasteiger partial charge in [-0.15, -0.1) is 0 Å². The van der Waals surface area contributed by atoms with Crippen LogP contribution in [0.2, 0.25) is 5.02 Å². The quantitative estimate of drug-likeness (QED) is 0.899. The standard InChI is InChI=1S/C15H16ClN3O/c1-10-6-7-12(9-13(10)16)19-15(20)18-11(2)14-5-3-4-8-17-14/h3-9,11H,1-2H3,(H2,18,19,20)/t11-/m1/s1. The van der Waals surface area contributed by atoms with Crippen molar-refractivity contribution in [1.82, 2.24) is 10.3 Å². The van der Waals surface area contributed by atoms with Crippen molar-refractivity contribution in [3.05, 3.63) is 58.9 Å². The minimum atomic E-state index is -0.289. The molecule has 0 radical (unpaired) electrons. The van der Waals surface area contributed by atoms with Crippen molar-refractivity contribution in [2.75, 3.05) is 5.32 Å². The van der Waals surface area contributed by atoms with Crippen molar-refractivity contribution in [3.63, 3.8) is 0 Å². The first-order valence-electron chi connectivity index (χ1n) is 6.31. The van der Waals surface area contributed by atoms with E-state index in [4.69, 9.17) is 11.6 Å². The summed E-state index contributed by atoms with van der Waals surface area (Å²) < 4.78 is 0. The maximum absolute atomic E-state index is 11.9. The number of carbonyl (C=O) groups excluding carboxylic acids is 1. The Balaban J connectivity index is 1.97. The molecule has 2 amide bonds. The number of amides is 2. The number of carbonyl (C=O) groups is 1. The zero-order valence-electron chi connectivity index (χ0n) is 11.4. The number of nitrogens with zero attached hydrogens (tertiary/aromatic N) is 1. The van der Waals surface area contributed by atoms with Crippen molar-refractivity contribution in [3.8, 4) is 0 Å². The highest BCUT2D eigenvalue weighted by Crippen LogP contribution is 2.20. The molecule has 0 saturated carbocycles. The van der Waals surface area contributed by atoms with Crippen molar-refractivity contribution >= 4 is 23.3 Å². The molecule has 2 rings (SSSR count). The van der Waals surface area contributed by atoms with Crippen LogP contribution in [0.4, 0.5) is 10.5 Å². The lowest BCUT2D eigenvalue weighted by molar-refractivity contribution is 0.249. The summed E-state index contributed by atoms with van der Waals surface area (Å²) in [6.07, 6.45) is 1.70. The average molecular weight is 290 g/mol. The number of aryl methyl sites for hydroxylation is 1. The van der Waals surface area contributed by atoms with Crippen LogP contribution in [0.5, 0.6) is 0 Å². The van der Waals surface area contributed by atoms with Gasteiger partial charge in [0.05, 0.1) is 11.7 Å². The Labute approximate surface area is 123 Å². The van der Waals surface area contributed by atoms with Crippen LogP contribution in [0.25, 0.3) is 0 Å². The van der Waals surface area contributed by atoms with Crippen molar-refractivity contribution in [2.45, 2.75) is 19.9 Å². The molecule has 1 aromatic heterocycles. The zero-order valence-corrected chi connectivity index (χ0v) is 12.1. The molecule has 0 spiro atoms. The van der Waals surface area contributed by atoms with Gasteiger partial charge < -0.3 is 10.6 Å².